The van der Waals surface area contributed by atoms with Crippen molar-refractivity contribution in [2.75, 3.05) is 33.4 Å². The van der Waals surface area contributed by atoms with Gasteiger partial charge in [0.2, 0.25) is 0 Å². The van der Waals surface area contributed by atoms with Crippen molar-refractivity contribution in [2.24, 2.45) is 0 Å². The molecule has 1 aromatic carbocycles. The standard InChI is InChI=1S/C11H14BrCl2NO2/c1-16-4-2-15-3-5-17-11-7-9(13)8(12)6-10(11)14/h6-7,15H,2-5H2,1H3. The number of halogens is 3. The smallest absolute Gasteiger partial charge is 0.139 e. The van der Waals surface area contributed by atoms with E-state index in [1.807, 2.05) is 0 Å². The molecule has 0 radical (unpaired) electrons. The Morgan fingerprint density at radius 2 is 1.88 bits per heavy atom. The van der Waals surface area contributed by atoms with E-state index in [1.165, 1.54) is 0 Å². The average molecular weight is 343 g/mol. The molecular weight excluding hydrogens is 329 g/mol. The van der Waals surface area contributed by atoms with Crippen LogP contribution in [0, 0.1) is 0 Å². The summed E-state index contributed by atoms with van der Waals surface area (Å²) in [5.41, 5.74) is 0. The van der Waals surface area contributed by atoms with Crippen LogP contribution in [0.15, 0.2) is 16.6 Å². The van der Waals surface area contributed by atoms with E-state index in [-0.39, 0.29) is 0 Å². The summed E-state index contributed by atoms with van der Waals surface area (Å²) in [5.74, 6) is 0.591. The van der Waals surface area contributed by atoms with Gasteiger partial charge in [0.05, 0.1) is 16.7 Å². The maximum absolute atomic E-state index is 6.01. The Morgan fingerprint density at radius 3 is 2.59 bits per heavy atom. The van der Waals surface area contributed by atoms with E-state index in [4.69, 9.17) is 32.7 Å². The van der Waals surface area contributed by atoms with Crippen molar-refractivity contribution < 1.29 is 9.47 Å². The van der Waals surface area contributed by atoms with Gasteiger partial charge in [-0.2, -0.15) is 0 Å². The molecule has 1 N–H and O–H groups in total. The van der Waals surface area contributed by atoms with E-state index in [9.17, 15) is 0 Å². The Hall–Kier alpha value is -0.0000000000000000555. The van der Waals surface area contributed by atoms with Gasteiger partial charge in [-0.1, -0.05) is 23.2 Å². The first-order chi connectivity index (χ1) is 8.15. The van der Waals surface area contributed by atoms with Crippen LogP contribution in [0.4, 0.5) is 0 Å². The fourth-order valence-electron chi connectivity index (χ4n) is 1.15. The van der Waals surface area contributed by atoms with Crippen molar-refractivity contribution in [3.63, 3.8) is 0 Å². The summed E-state index contributed by atoms with van der Waals surface area (Å²) in [4.78, 5) is 0. The number of ether oxygens (including phenoxy) is 2. The van der Waals surface area contributed by atoms with Gasteiger partial charge in [-0.15, -0.1) is 0 Å². The first-order valence-corrected chi connectivity index (χ1v) is 6.67. The predicted octanol–water partition coefficient (Wildman–Crippen LogP) is 3.37. The molecule has 0 aliphatic heterocycles. The third-order valence-corrected chi connectivity index (χ3v) is 3.49. The molecule has 0 spiro atoms. The number of benzene rings is 1. The van der Waals surface area contributed by atoms with Gasteiger partial charge in [-0.05, 0) is 22.0 Å². The maximum Gasteiger partial charge on any atom is 0.139 e. The second kappa shape index (κ2) is 8.16. The summed E-state index contributed by atoms with van der Waals surface area (Å²) in [6, 6.07) is 3.42. The lowest BCUT2D eigenvalue weighted by Crippen LogP contribution is -2.24. The molecule has 1 rings (SSSR count). The first kappa shape index (κ1) is 15.1. The minimum atomic E-state index is 0.529. The van der Waals surface area contributed by atoms with E-state index < -0.39 is 0 Å². The molecule has 0 heterocycles. The summed E-state index contributed by atoms with van der Waals surface area (Å²) in [6.45, 7) is 2.74. The van der Waals surface area contributed by atoms with Crippen molar-refractivity contribution in [2.45, 2.75) is 0 Å². The van der Waals surface area contributed by atoms with E-state index >= 15 is 0 Å². The molecule has 0 bridgehead atoms. The fraction of sp³-hybridized carbons (Fsp3) is 0.455. The van der Waals surface area contributed by atoms with Crippen LogP contribution in [0.25, 0.3) is 0 Å². The highest BCUT2D eigenvalue weighted by Crippen LogP contribution is 2.33. The molecule has 0 unspecified atom stereocenters. The van der Waals surface area contributed by atoms with Gasteiger partial charge in [-0.25, -0.2) is 0 Å². The molecule has 0 amide bonds. The number of hydrogen-bond donors (Lipinski definition) is 1. The van der Waals surface area contributed by atoms with Crippen LogP contribution in [0.5, 0.6) is 5.75 Å². The van der Waals surface area contributed by atoms with Crippen molar-refractivity contribution in [3.05, 3.63) is 26.7 Å². The molecule has 0 aliphatic rings. The topological polar surface area (TPSA) is 30.5 Å². The van der Waals surface area contributed by atoms with Crippen LogP contribution in [-0.2, 0) is 4.74 Å². The Morgan fingerprint density at radius 1 is 1.18 bits per heavy atom. The number of methoxy groups -OCH3 is 1. The molecule has 3 nitrogen and oxygen atoms in total. The second-order valence-corrected chi connectivity index (χ2v) is 4.96. The van der Waals surface area contributed by atoms with E-state index in [2.05, 4.69) is 21.2 Å². The highest BCUT2D eigenvalue weighted by molar-refractivity contribution is 9.10. The molecule has 0 aromatic heterocycles. The third kappa shape index (κ3) is 5.44. The van der Waals surface area contributed by atoms with Crippen molar-refractivity contribution >= 4 is 39.1 Å². The van der Waals surface area contributed by atoms with E-state index in [1.54, 1.807) is 19.2 Å². The Kier molecular flexibility index (Phi) is 7.23. The molecule has 17 heavy (non-hydrogen) atoms. The number of rotatable bonds is 7. The zero-order valence-electron chi connectivity index (χ0n) is 9.43. The molecule has 0 fully saturated rings. The quantitative estimate of drug-likeness (QED) is 0.608. The summed E-state index contributed by atoms with van der Waals surface area (Å²) >= 11 is 15.3. The van der Waals surface area contributed by atoms with Crippen LogP contribution >= 0.6 is 39.1 Å². The van der Waals surface area contributed by atoms with Gasteiger partial charge in [-0.3, -0.25) is 0 Å². The predicted molar refractivity (Wildman–Crippen MR) is 74.4 cm³/mol. The van der Waals surface area contributed by atoms with Crippen LogP contribution in [0.3, 0.4) is 0 Å². The van der Waals surface area contributed by atoms with Crippen LogP contribution in [0.1, 0.15) is 0 Å². The molecular formula is C11H14BrCl2NO2. The summed E-state index contributed by atoms with van der Waals surface area (Å²) < 4.78 is 11.2. The fourth-order valence-corrected chi connectivity index (χ4v) is 1.99. The van der Waals surface area contributed by atoms with Crippen molar-refractivity contribution in [1.82, 2.24) is 5.32 Å². The molecule has 0 saturated heterocycles. The monoisotopic (exact) mass is 341 g/mol. The van der Waals surface area contributed by atoms with Crippen LogP contribution in [0.2, 0.25) is 10.0 Å². The summed E-state index contributed by atoms with van der Waals surface area (Å²) in [5, 5.41) is 4.29. The van der Waals surface area contributed by atoms with Gasteiger partial charge in [0.15, 0.2) is 0 Å². The molecule has 6 heteroatoms. The normalized spacial score (nSPS) is 10.6. The number of nitrogens with one attached hydrogen (secondary N) is 1. The second-order valence-electron chi connectivity index (χ2n) is 3.29. The lowest BCUT2D eigenvalue weighted by Gasteiger charge is -2.10. The zero-order chi connectivity index (χ0) is 12.7. The molecule has 96 valence electrons. The first-order valence-electron chi connectivity index (χ1n) is 5.12. The van der Waals surface area contributed by atoms with Crippen LogP contribution in [-0.4, -0.2) is 33.4 Å². The molecule has 0 atom stereocenters. The lowest BCUT2D eigenvalue weighted by atomic mass is 10.3. The minimum Gasteiger partial charge on any atom is -0.491 e. The van der Waals surface area contributed by atoms with Gasteiger partial charge < -0.3 is 14.8 Å². The Labute approximate surface area is 120 Å². The highest BCUT2D eigenvalue weighted by atomic mass is 79.9. The Bertz CT molecular complexity index is 364. The summed E-state index contributed by atoms with van der Waals surface area (Å²) in [7, 11) is 1.67. The highest BCUT2D eigenvalue weighted by Gasteiger charge is 2.06. The van der Waals surface area contributed by atoms with Crippen molar-refractivity contribution in [3.8, 4) is 5.75 Å². The lowest BCUT2D eigenvalue weighted by molar-refractivity contribution is 0.197. The zero-order valence-corrected chi connectivity index (χ0v) is 12.5. The summed E-state index contributed by atoms with van der Waals surface area (Å²) in [6.07, 6.45) is 0. The maximum atomic E-state index is 6.01. The molecule has 0 aliphatic carbocycles. The van der Waals surface area contributed by atoms with Gasteiger partial charge in [0.1, 0.15) is 12.4 Å². The molecule has 1 aromatic rings. The largest absolute Gasteiger partial charge is 0.491 e. The number of hydrogen-bond acceptors (Lipinski definition) is 3. The van der Waals surface area contributed by atoms with E-state index in [0.717, 1.165) is 17.6 Å². The van der Waals surface area contributed by atoms with Gasteiger partial charge in [0.25, 0.3) is 0 Å². The minimum absolute atomic E-state index is 0.529. The third-order valence-electron chi connectivity index (χ3n) is 1.99. The Balaban J connectivity index is 2.34. The van der Waals surface area contributed by atoms with Crippen LogP contribution < -0.4 is 10.1 Å². The van der Waals surface area contributed by atoms with Crippen molar-refractivity contribution in [1.29, 1.82) is 0 Å². The van der Waals surface area contributed by atoms with E-state index in [0.29, 0.717) is 29.0 Å². The SMILES string of the molecule is COCCNCCOc1cc(Cl)c(Br)cc1Cl. The molecule has 0 saturated carbocycles. The average Bonchev–Trinajstić information content (AvgIpc) is 2.30. The van der Waals surface area contributed by atoms with Gasteiger partial charge in [0, 0.05) is 30.7 Å². The van der Waals surface area contributed by atoms with Gasteiger partial charge >= 0.3 is 0 Å².